The number of amides is 1. The summed E-state index contributed by atoms with van der Waals surface area (Å²) >= 11 is 0. The van der Waals surface area contributed by atoms with Crippen LogP contribution in [-0.4, -0.2) is 56.5 Å². The molecule has 2 atom stereocenters. The molecule has 1 saturated heterocycles. The Morgan fingerprint density at radius 2 is 2.37 bits per heavy atom. The van der Waals surface area contributed by atoms with Crippen molar-refractivity contribution in [1.82, 2.24) is 15.2 Å². The Kier molecular flexibility index (Phi) is 4.95. The fraction of sp³-hybridized carbons (Fsp3) is 0.615. The van der Waals surface area contributed by atoms with Gasteiger partial charge in [-0.3, -0.25) is 4.79 Å². The first-order valence-electron chi connectivity index (χ1n) is 6.44. The molecule has 19 heavy (non-hydrogen) atoms. The van der Waals surface area contributed by atoms with Gasteiger partial charge in [0.05, 0.1) is 18.8 Å². The van der Waals surface area contributed by atoms with E-state index in [2.05, 4.69) is 10.6 Å². The van der Waals surface area contributed by atoms with Crippen molar-refractivity contribution in [3.8, 4) is 0 Å². The second kappa shape index (κ2) is 6.70. The molecule has 0 aromatic carbocycles. The van der Waals surface area contributed by atoms with E-state index in [-0.39, 0.29) is 18.1 Å². The van der Waals surface area contributed by atoms with E-state index in [1.807, 2.05) is 22.9 Å². The maximum atomic E-state index is 12.3. The topological polar surface area (TPSA) is 64.5 Å². The lowest BCUT2D eigenvalue weighted by Gasteiger charge is -2.19. The molecule has 6 heteroatoms. The fourth-order valence-corrected chi connectivity index (χ4v) is 2.29. The van der Waals surface area contributed by atoms with Gasteiger partial charge in [0.25, 0.3) is 5.91 Å². The molecule has 0 radical (unpaired) electrons. The number of ether oxygens (including phenoxy) is 2. The van der Waals surface area contributed by atoms with Crippen LogP contribution in [0.4, 0.5) is 0 Å². The van der Waals surface area contributed by atoms with Crippen LogP contribution in [0.25, 0.3) is 0 Å². The van der Waals surface area contributed by atoms with Crippen molar-refractivity contribution < 1.29 is 14.3 Å². The molecule has 6 nitrogen and oxygen atoms in total. The van der Waals surface area contributed by atoms with Crippen LogP contribution >= 0.6 is 0 Å². The molecule has 0 aliphatic carbocycles. The predicted octanol–water partition coefficient (Wildman–Crippen LogP) is -0.149. The van der Waals surface area contributed by atoms with Gasteiger partial charge in [0.15, 0.2) is 0 Å². The van der Waals surface area contributed by atoms with Gasteiger partial charge in [0, 0.05) is 40.1 Å². The molecular weight excluding hydrogens is 246 g/mol. The van der Waals surface area contributed by atoms with Gasteiger partial charge in [-0.15, -0.1) is 0 Å². The van der Waals surface area contributed by atoms with Crippen LogP contribution in [-0.2, 0) is 16.0 Å². The molecule has 1 aliphatic heterocycles. The Morgan fingerprint density at radius 3 is 3.11 bits per heavy atom. The van der Waals surface area contributed by atoms with E-state index in [1.165, 1.54) is 0 Å². The minimum absolute atomic E-state index is 0.0169. The van der Waals surface area contributed by atoms with E-state index < -0.39 is 0 Å². The van der Waals surface area contributed by atoms with Gasteiger partial charge < -0.3 is 24.7 Å². The molecule has 1 unspecified atom stereocenters. The van der Waals surface area contributed by atoms with Crippen LogP contribution in [0.2, 0.25) is 0 Å². The third-order valence-corrected chi connectivity index (χ3v) is 3.38. The van der Waals surface area contributed by atoms with Gasteiger partial charge in [0.1, 0.15) is 5.69 Å². The van der Waals surface area contributed by atoms with Gasteiger partial charge in [-0.05, 0) is 12.1 Å². The lowest BCUT2D eigenvalue weighted by atomic mass is 10.2. The molecule has 1 aromatic heterocycles. The maximum Gasteiger partial charge on any atom is 0.268 e. The average molecular weight is 267 g/mol. The molecule has 2 N–H and O–H groups in total. The lowest BCUT2D eigenvalue weighted by Crippen LogP contribution is -2.44. The van der Waals surface area contributed by atoms with E-state index >= 15 is 0 Å². The Balaban J connectivity index is 1.97. The third-order valence-electron chi connectivity index (χ3n) is 3.38. The number of rotatable bonds is 6. The average Bonchev–Trinajstić information content (AvgIpc) is 3.04. The minimum Gasteiger partial charge on any atom is -0.383 e. The smallest absolute Gasteiger partial charge is 0.268 e. The highest BCUT2D eigenvalue weighted by Gasteiger charge is 2.28. The highest BCUT2D eigenvalue weighted by Crippen LogP contribution is 2.07. The van der Waals surface area contributed by atoms with Crippen molar-refractivity contribution in [2.24, 2.45) is 0 Å². The zero-order chi connectivity index (χ0) is 13.7. The van der Waals surface area contributed by atoms with Crippen LogP contribution in [0.5, 0.6) is 0 Å². The van der Waals surface area contributed by atoms with E-state index in [4.69, 9.17) is 9.47 Å². The van der Waals surface area contributed by atoms with Crippen molar-refractivity contribution in [3.63, 3.8) is 0 Å². The monoisotopic (exact) mass is 267 g/mol. The SMILES string of the molecule is COCCn1cccc1C(=O)NC1CNC[C@@H]1OC. The standard InChI is InChI=1S/C13H21N3O3/c1-18-7-6-16-5-3-4-11(16)13(17)15-10-8-14-9-12(10)19-2/h3-5,10,12,14H,6-9H2,1-2H3,(H,15,17)/t10?,12-/m0/s1. The summed E-state index contributed by atoms with van der Waals surface area (Å²) in [5.41, 5.74) is 0.652. The number of nitrogens with one attached hydrogen (secondary N) is 2. The summed E-state index contributed by atoms with van der Waals surface area (Å²) < 4.78 is 12.3. The molecule has 1 fully saturated rings. The summed E-state index contributed by atoms with van der Waals surface area (Å²) in [6.45, 7) is 2.76. The summed E-state index contributed by atoms with van der Waals surface area (Å²) in [4.78, 5) is 12.3. The highest BCUT2D eigenvalue weighted by molar-refractivity contribution is 5.93. The zero-order valence-electron chi connectivity index (χ0n) is 11.4. The number of carbonyl (C=O) groups is 1. The number of aromatic nitrogens is 1. The molecule has 1 aromatic rings. The normalized spacial score (nSPS) is 22.6. The Morgan fingerprint density at radius 1 is 1.53 bits per heavy atom. The van der Waals surface area contributed by atoms with Crippen LogP contribution in [0.1, 0.15) is 10.5 Å². The lowest BCUT2D eigenvalue weighted by molar-refractivity contribution is 0.0771. The molecule has 0 saturated carbocycles. The Bertz CT molecular complexity index is 419. The molecule has 0 spiro atoms. The number of hydrogen-bond acceptors (Lipinski definition) is 4. The largest absolute Gasteiger partial charge is 0.383 e. The summed E-state index contributed by atoms with van der Waals surface area (Å²) in [5.74, 6) is -0.0724. The van der Waals surface area contributed by atoms with E-state index in [0.29, 0.717) is 18.8 Å². The highest BCUT2D eigenvalue weighted by atomic mass is 16.5. The van der Waals surface area contributed by atoms with Crippen molar-refractivity contribution in [2.75, 3.05) is 33.9 Å². The summed E-state index contributed by atoms with van der Waals surface area (Å²) in [6, 6.07) is 3.70. The van der Waals surface area contributed by atoms with Gasteiger partial charge in [-0.1, -0.05) is 0 Å². The third kappa shape index (κ3) is 3.34. The molecule has 2 heterocycles. The fourth-order valence-electron chi connectivity index (χ4n) is 2.29. The summed E-state index contributed by atoms with van der Waals surface area (Å²) in [7, 11) is 3.31. The van der Waals surface area contributed by atoms with E-state index in [1.54, 1.807) is 14.2 Å². The van der Waals surface area contributed by atoms with Gasteiger partial charge >= 0.3 is 0 Å². The zero-order valence-corrected chi connectivity index (χ0v) is 11.4. The Labute approximate surface area is 113 Å². The quantitative estimate of drug-likeness (QED) is 0.752. The van der Waals surface area contributed by atoms with Gasteiger partial charge in [0.2, 0.25) is 0 Å². The molecule has 1 aliphatic rings. The first kappa shape index (κ1) is 14.0. The van der Waals surface area contributed by atoms with Crippen molar-refractivity contribution in [1.29, 1.82) is 0 Å². The number of nitrogens with zero attached hydrogens (tertiary/aromatic N) is 1. The van der Waals surface area contributed by atoms with Crippen molar-refractivity contribution in [2.45, 2.75) is 18.7 Å². The first-order chi connectivity index (χ1) is 9.26. The van der Waals surface area contributed by atoms with Crippen LogP contribution in [0.15, 0.2) is 18.3 Å². The number of carbonyl (C=O) groups excluding carboxylic acids is 1. The van der Waals surface area contributed by atoms with Gasteiger partial charge in [-0.25, -0.2) is 0 Å². The maximum absolute atomic E-state index is 12.3. The summed E-state index contributed by atoms with van der Waals surface area (Å²) in [6.07, 6.45) is 1.92. The second-order valence-electron chi connectivity index (χ2n) is 4.59. The minimum atomic E-state index is -0.0724. The number of hydrogen-bond donors (Lipinski definition) is 2. The Hall–Kier alpha value is -1.37. The summed E-state index contributed by atoms with van der Waals surface area (Å²) in [5, 5.41) is 6.22. The van der Waals surface area contributed by atoms with Crippen molar-refractivity contribution >= 4 is 5.91 Å². The van der Waals surface area contributed by atoms with Crippen LogP contribution < -0.4 is 10.6 Å². The molecule has 106 valence electrons. The molecular formula is C13H21N3O3. The van der Waals surface area contributed by atoms with E-state index in [0.717, 1.165) is 13.1 Å². The second-order valence-corrected chi connectivity index (χ2v) is 4.59. The molecule has 0 bridgehead atoms. The van der Waals surface area contributed by atoms with E-state index in [9.17, 15) is 4.79 Å². The first-order valence-corrected chi connectivity index (χ1v) is 6.44. The molecule has 2 rings (SSSR count). The van der Waals surface area contributed by atoms with Gasteiger partial charge in [-0.2, -0.15) is 0 Å². The van der Waals surface area contributed by atoms with Crippen LogP contribution in [0, 0.1) is 0 Å². The van der Waals surface area contributed by atoms with Crippen molar-refractivity contribution in [3.05, 3.63) is 24.0 Å². The molecule has 1 amide bonds. The number of methoxy groups -OCH3 is 2. The predicted molar refractivity (Wildman–Crippen MR) is 71.2 cm³/mol. The van der Waals surface area contributed by atoms with Crippen LogP contribution in [0.3, 0.4) is 0 Å².